The Bertz CT molecular complexity index is 1120. The van der Waals surface area contributed by atoms with Gasteiger partial charge in [0.05, 0.1) is 6.21 Å². The minimum atomic E-state index is -4.00. The van der Waals surface area contributed by atoms with Crippen molar-refractivity contribution in [2.45, 2.75) is 11.8 Å². The van der Waals surface area contributed by atoms with Crippen molar-refractivity contribution in [1.29, 1.82) is 0 Å². The molecule has 27 heavy (non-hydrogen) atoms. The first-order chi connectivity index (χ1) is 12.9. The van der Waals surface area contributed by atoms with Crippen molar-refractivity contribution < 1.29 is 12.6 Å². The molecule has 0 amide bonds. The average molecular weight is 399 g/mol. The van der Waals surface area contributed by atoms with E-state index in [4.69, 9.17) is 22.1 Å². The number of nitrogens with zero attached hydrogens (tertiary/aromatic N) is 1. The van der Waals surface area contributed by atoms with Gasteiger partial charge in [0.1, 0.15) is 4.90 Å². The summed E-state index contributed by atoms with van der Waals surface area (Å²) in [6.07, 6.45) is 1.43. The van der Waals surface area contributed by atoms with Crippen molar-refractivity contribution in [3.63, 3.8) is 0 Å². The van der Waals surface area contributed by atoms with E-state index in [1.165, 1.54) is 18.3 Å². The van der Waals surface area contributed by atoms with Crippen molar-refractivity contribution in [3.05, 3.63) is 71.8 Å². The van der Waals surface area contributed by atoms with Gasteiger partial charge < -0.3 is 9.92 Å². The molecule has 6 nitrogen and oxygen atoms in total. The first-order valence-corrected chi connectivity index (χ1v) is 9.80. The fourth-order valence-corrected chi connectivity index (χ4v) is 3.51. The summed E-state index contributed by atoms with van der Waals surface area (Å²) in [5.41, 5.74) is 9.29. The maximum absolute atomic E-state index is 12.7. The Morgan fingerprint density at radius 2 is 1.81 bits per heavy atom. The van der Waals surface area contributed by atoms with Gasteiger partial charge in [-0.1, -0.05) is 48.0 Å². The van der Waals surface area contributed by atoms with Crippen molar-refractivity contribution in [2.75, 3.05) is 0 Å². The molecule has 138 valence electrons. The van der Waals surface area contributed by atoms with E-state index >= 15 is 0 Å². The van der Waals surface area contributed by atoms with Crippen LogP contribution in [0.3, 0.4) is 0 Å². The summed E-state index contributed by atoms with van der Waals surface area (Å²) in [5.74, 6) is 0.155. The Balaban J connectivity index is 2.06. The number of hydrogen-bond donors (Lipinski definition) is 2. The number of nitrogens with one attached hydrogen (secondary N) is 1. The van der Waals surface area contributed by atoms with Crippen LogP contribution in [-0.2, 0) is 10.1 Å². The highest BCUT2D eigenvalue weighted by Crippen LogP contribution is 2.29. The largest absolute Gasteiger partial charge is 0.378 e. The maximum atomic E-state index is 12.7. The summed E-state index contributed by atoms with van der Waals surface area (Å²) < 4.78 is 30.7. The smallest absolute Gasteiger partial charge is 0.339 e. The molecule has 0 bridgehead atoms. The van der Waals surface area contributed by atoms with E-state index in [-0.39, 0.29) is 15.8 Å². The van der Waals surface area contributed by atoms with Gasteiger partial charge in [-0.15, -0.1) is 0 Å². The minimum Gasteiger partial charge on any atom is -0.378 e. The molecule has 0 radical (unpaired) electrons. The summed E-state index contributed by atoms with van der Waals surface area (Å²) >= 11 is 4.73. The first-order valence-electron chi connectivity index (χ1n) is 7.98. The van der Waals surface area contributed by atoms with Crippen LogP contribution in [0.1, 0.15) is 11.1 Å². The third kappa shape index (κ3) is 4.42. The van der Waals surface area contributed by atoms with Crippen LogP contribution in [0.4, 0.5) is 0 Å². The third-order valence-corrected chi connectivity index (χ3v) is 5.15. The summed E-state index contributed by atoms with van der Waals surface area (Å²) in [4.78, 5) is 0.0745. The van der Waals surface area contributed by atoms with E-state index in [0.29, 0.717) is 5.56 Å². The highest BCUT2D eigenvalue weighted by Gasteiger charge is 2.19. The number of fused-ring (bicyclic) bond motifs is 1. The predicted octanol–water partition coefficient (Wildman–Crippen LogP) is 3.08. The van der Waals surface area contributed by atoms with Crippen LogP contribution in [0, 0.1) is 6.92 Å². The first kappa shape index (κ1) is 18.8. The van der Waals surface area contributed by atoms with Gasteiger partial charge in [-0.3, -0.25) is 5.43 Å². The van der Waals surface area contributed by atoms with E-state index in [1.807, 2.05) is 31.2 Å². The molecule has 0 heterocycles. The van der Waals surface area contributed by atoms with Crippen molar-refractivity contribution in [2.24, 2.45) is 10.8 Å². The Hall–Kier alpha value is -2.97. The summed E-state index contributed by atoms with van der Waals surface area (Å²) in [6.45, 7) is 1.88. The molecule has 0 spiro atoms. The standard InChI is InChI=1S/C19H17N3O3S2/c1-13-6-9-15(10-7-13)27(23,24)25-18-11-8-14-4-2-3-5-16(14)17(18)12-21-22-19(20)26/h2-12H,1H3,(H3,20,22,26)/b21-12+. The summed E-state index contributed by atoms with van der Waals surface area (Å²) in [7, 11) is -4.00. The number of thiocarbonyl (C=S) groups is 1. The van der Waals surface area contributed by atoms with E-state index in [1.54, 1.807) is 24.3 Å². The highest BCUT2D eigenvalue weighted by atomic mass is 32.2. The van der Waals surface area contributed by atoms with Gasteiger partial charge >= 0.3 is 10.1 Å². The zero-order valence-electron chi connectivity index (χ0n) is 14.4. The lowest BCUT2D eigenvalue weighted by Gasteiger charge is -2.12. The predicted molar refractivity (Wildman–Crippen MR) is 110 cm³/mol. The SMILES string of the molecule is Cc1ccc(S(=O)(=O)Oc2ccc3ccccc3c2/C=N/NC(N)=S)cc1. The van der Waals surface area contributed by atoms with Crippen molar-refractivity contribution >= 4 is 44.4 Å². The molecule has 3 aromatic rings. The molecule has 3 N–H and O–H groups in total. The fraction of sp³-hybridized carbons (Fsp3) is 0.0526. The van der Waals surface area contributed by atoms with Gasteiger partial charge in [-0.05, 0) is 48.1 Å². The maximum Gasteiger partial charge on any atom is 0.339 e. The average Bonchev–Trinajstić information content (AvgIpc) is 2.63. The number of benzene rings is 3. The molecule has 0 aromatic heterocycles. The van der Waals surface area contributed by atoms with Crippen LogP contribution < -0.4 is 15.3 Å². The van der Waals surface area contributed by atoms with E-state index < -0.39 is 10.1 Å². The van der Waals surface area contributed by atoms with E-state index in [2.05, 4.69) is 10.5 Å². The van der Waals surface area contributed by atoms with Crippen LogP contribution in [0.15, 0.2) is 70.7 Å². The highest BCUT2D eigenvalue weighted by molar-refractivity contribution is 7.87. The molecule has 0 unspecified atom stereocenters. The lowest BCUT2D eigenvalue weighted by molar-refractivity contribution is 0.486. The molecule has 3 rings (SSSR count). The fourth-order valence-electron chi connectivity index (χ4n) is 2.51. The van der Waals surface area contributed by atoms with E-state index in [0.717, 1.165) is 16.3 Å². The zero-order chi connectivity index (χ0) is 19.4. The summed E-state index contributed by atoms with van der Waals surface area (Å²) in [5, 5.41) is 5.64. The lowest BCUT2D eigenvalue weighted by atomic mass is 10.0. The van der Waals surface area contributed by atoms with Crippen molar-refractivity contribution in [1.82, 2.24) is 5.43 Å². The molecule has 0 saturated carbocycles. The summed E-state index contributed by atoms with van der Waals surface area (Å²) in [6, 6.07) is 17.3. The van der Waals surface area contributed by atoms with Gasteiger partial charge in [0.2, 0.25) is 0 Å². The molecular weight excluding hydrogens is 382 g/mol. The number of hydrogen-bond acceptors (Lipinski definition) is 5. The van der Waals surface area contributed by atoms with Crippen LogP contribution in [0.2, 0.25) is 0 Å². The number of aryl methyl sites for hydroxylation is 1. The molecule has 0 aliphatic carbocycles. The molecule has 0 aliphatic rings. The van der Waals surface area contributed by atoms with Crippen LogP contribution in [0.5, 0.6) is 5.75 Å². The van der Waals surface area contributed by atoms with Gasteiger partial charge in [0.15, 0.2) is 10.9 Å². The minimum absolute atomic E-state index is 0.00114. The Morgan fingerprint density at radius 3 is 2.52 bits per heavy atom. The molecule has 0 atom stereocenters. The number of hydrazone groups is 1. The Morgan fingerprint density at radius 1 is 1.11 bits per heavy atom. The Labute approximate surface area is 162 Å². The monoisotopic (exact) mass is 399 g/mol. The molecular formula is C19H17N3O3S2. The van der Waals surface area contributed by atoms with Crippen LogP contribution in [-0.4, -0.2) is 19.7 Å². The molecule has 0 fully saturated rings. The Kier molecular flexibility index (Phi) is 5.38. The zero-order valence-corrected chi connectivity index (χ0v) is 16.0. The van der Waals surface area contributed by atoms with Gasteiger partial charge in [0.25, 0.3) is 0 Å². The molecule has 3 aromatic carbocycles. The third-order valence-electron chi connectivity index (χ3n) is 3.81. The quantitative estimate of drug-likeness (QED) is 0.296. The van der Waals surface area contributed by atoms with Crippen LogP contribution in [0.25, 0.3) is 10.8 Å². The van der Waals surface area contributed by atoms with Gasteiger partial charge in [-0.25, -0.2) is 0 Å². The number of nitrogens with two attached hydrogens (primary N) is 1. The lowest BCUT2D eigenvalue weighted by Crippen LogP contribution is -2.24. The second kappa shape index (κ2) is 7.73. The molecule has 0 aliphatic heterocycles. The second-order valence-corrected chi connectivity index (χ2v) is 7.77. The van der Waals surface area contributed by atoms with Gasteiger partial charge in [-0.2, -0.15) is 13.5 Å². The molecule has 0 saturated heterocycles. The van der Waals surface area contributed by atoms with Crippen LogP contribution >= 0.6 is 12.2 Å². The molecule has 8 heteroatoms. The topological polar surface area (TPSA) is 93.8 Å². The van der Waals surface area contributed by atoms with E-state index in [9.17, 15) is 8.42 Å². The second-order valence-electron chi connectivity index (χ2n) is 5.78. The van der Waals surface area contributed by atoms with Crippen molar-refractivity contribution in [3.8, 4) is 5.75 Å². The normalized spacial score (nSPS) is 11.6. The number of rotatable bonds is 5. The van der Waals surface area contributed by atoms with Gasteiger partial charge in [0, 0.05) is 5.56 Å².